The van der Waals surface area contributed by atoms with Crippen molar-refractivity contribution in [3.8, 4) is 5.75 Å². The van der Waals surface area contributed by atoms with E-state index >= 15 is 0 Å². The molecule has 2 aliphatic rings. The Balaban J connectivity index is 1.11. The highest BCUT2D eigenvalue weighted by Gasteiger charge is 2.43. The van der Waals surface area contributed by atoms with Gasteiger partial charge in [-0.3, -0.25) is 0 Å². The molecule has 0 radical (unpaired) electrons. The fraction of sp³-hybridized carbons (Fsp3) is 0.429. The van der Waals surface area contributed by atoms with E-state index in [0.717, 1.165) is 96.3 Å². The molecule has 0 spiro atoms. The van der Waals surface area contributed by atoms with E-state index in [9.17, 15) is 18.3 Å². The number of aryl methyl sites for hydroxylation is 5. The Labute approximate surface area is 331 Å². The summed E-state index contributed by atoms with van der Waals surface area (Å²) in [4.78, 5) is 0. The van der Waals surface area contributed by atoms with Gasteiger partial charge in [-0.2, -0.15) is 13.2 Å². The Morgan fingerprint density at radius 2 is 1.36 bits per heavy atom. The van der Waals surface area contributed by atoms with E-state index < -0.39 is 18.1 Å². The molecule has 0 aromatic heterocycles. The summed E-state index contributed by atoms with van der Waals surface area (Å²) < 4.78 is 50.7. The molecule has 0 saturated heterocycles. The molecule has 298 valence electrons. The Kier molecular flexibility index (Phi) is 14.2. The van der Waals surface area contributed by atoms with Crippen molar-refractivity contribution in [3.63, 3.8) is 0 Å². The molecular weight excluding hydrogens is 708 g/mol. The minimum absolute atomic E-state index is 0.200. The number of fused-ring (bicyclic) bond motifs is 2. The number of aliphatic hydroxyl groups is 1. The summed E-state index contributed by atoms with van der Waals surface area (Å²) in [5, 5.41) is 11.0. The Hall–Kier alpha value is -4.33. The number of benzene rings is 4. The fourth-order valence-corrected chi connectivity index (χ4v) is 8.47. The van der Waals surface area contributed by atoms with Crippen LogP contribution in [0.15, 0.2) is 96.8 Å². The second kappa shape index (κ2) is 19.2. The predicted octanol–water partition coefficient (Wildman–Crippen LogP) is 12.1. The second-order valence-corrected chi connectivity index (χ2v) is 16.0. The van der Waals surface area contributed by atoms with Gasteiger partial charge in [0.25, 0.3) is 0 Å². The van der Waals surface area contributed by atoms with E-state index in [1.807, 2.05) is 24.3 Å². The van der Waals surface area contributed by atoms with Crippen LogP contribution in [0.1, 0.15) is 126 Å². The molecule has 4 aromatic carbocycles. The molecule has 3 unspecified atom stereocenters. The summed E-state index contributed by atoms with van der Waals surface area (Å²) in [6, 6.07) is 29.6. The number of halogens is 3. The molecule has 4 nitrogen and oxygen atoms in total. The number of rotatable bonds is 21. The van der Waals surface area contributed by atoms with Crippen LogP contribution in [0.2, 0.25) is 0 Å². The van der Waals surface area contributed by atoms with E-state index in [1.54, 1.807) is 0 Å². The van der Waals surface area contributed by atoms with Crippen molar-refractivity contribution < 1.29 is 27.8 Å². The van der Waals surface area contributed by atoms with Crippen molar-refractivity contribution >= 4 is 12.2 Å². The minimum Gasteiger partial charge on any atom is -0.493 e. The monoisotopic (exact) mass is 765 g/mol. The number of nitrogens with two attached hydrogens (primary N) is 1. The van der Waals surface area contributed by atoms with Gasteiger partial charge in [-0.05, 0) is 110 Å². The lowest BCUT2D eigenvalue weighted by atomic mass is 9.77. The van der Waals surface area contributed by atoms with Crippen molar-refractivity contribution in [1.82, 2.24) is 0 Å². The summed E-state index contributed by atoms with van der Waals surface area (Å²) >= 11 is 0. The predicted molar refractivity (Wildman–Crippen MR) is 222 cm³/mol. The third kappa shape index (κ3) is 11.2. The first kappa shape index (κ1) is 41.3. The van der Waals surface area contributed by atoms with Gasteiger partial charge in [0, 0.05) is 12.0 Å². The first-order valence-electron chi connectivity index (χ1n) is 20.5. The van der Waals surface area contributed by atoms with Gasteiger partial charge in [0.05, 0.1) is 24.7 Å². The maximum atomic E-state index is 12.5. The molecule has 7 heteroatoms. The van der Waals surface area contributed by atoms with E-state index in [1.165, 1.54) is 16.7 Å². The lowest BCUT2D eigenvalue weighted by Gasteiger charge is -2.36. The first-order chi connectivity index (χ1) is 27.0. The molecule has 56 heavy (non-hydrogen) atoms. The highest BCUT2D eigenvalue weighted by Crippen LogP contribution is 2.47. The van der Waals surface area contributed by atoms with E-state index in [0.29, 0.717) is 25.9 Å². The van der Waals surface area contributed by atoms with Crippen molar-refractivity contribution in [3.05, 3.63) is 147 Å². The van der Waals surface area contributed by atoms with Gasteiger partial charge >= 0.3 is 6.18 Å². The molecule has 0 fully saturated rings. The molecule has 3 atom stereocenters. The Morgan fingerprint density at radius 1 is 0.679 bits per heavy atom. The van der Waals surface area contributed by atoms with Crippen LogP contribution in [-0.2, 0) is 24.0 Å². The third-order valence-electron chi connectivity index (χ3n) is 11.3. The van der Waals surface area contributed by atoms with E-state index in [4.69, 9.17) is 15.2 Å². The highest BCUT2D eigenvalue weighted by atomic mass is 19.4. The zero-order valence-corrected chi connectivity index (χ0v) is 33.1. The lowest BCUT2D eigenvalue weighted by molar-refractivity contribution is -0.135. The largest absolute Gasteiger partial charge is 0.493 e. The van der Waals surface area contributed by atoms with E-state index in [-0.39, 0.29) is 25.0 Å². The standard InChI is InChI=1S/C49H58F3NO3/c1-35-29-36(2)31-38(30-35)15-14-28-55-44-23-21-37(32-41(44)18-8-6-4-3-5-7-13-26-49(50,51)52)25-27-48(53,34-54)47-43-20-12-10-17-40(43)33-46(47)56-45-24-22-39-16-9-11-19-42(39)45/h9-12,16-17,19-24,29-33,45,47,54H,3-8,13-15,18,25-28,34,53H2,1-2H3. The Bertz CT molecular complexity index is 1950. The molecule has 0 heterocycles. The van der Waals surface area contributed by atoms with Crippen molar-refractivity contribution in [2.45, 2.75) is 121 Å². The molecule has 2 aliphatic carbocycles. The molecule has 3 N–H and O–H groups in total. The number of hydrogen-bond donors (Lipinski definition) is 2. The second-order valence-electron chi connectivity index (χ2n) is 16.0. The van der Waals surface area contributed by atoms with Gasteiger partial charge in [-0.15, -0.1) is 0 Å². The van der Waals surface area contributed by atoms with Crippen molar-refractivity contribution in [1.29, 1.82) is 0 Å². The van der Waals surface area contributed by atoms with Crippen LogP contribution in [-0.4, -0.2) is 30.0 Å². The summed E-state index contributed by atoms with van der Waals surface area (Å²) in [5.74, 6) is 1.37. The average molecular weight is 766 g/mol. The number of hydrogen-bond acceptors (Lipinski definition) is 4. The smallest absolute Gasteiger partial charge is 0.389 e. The van der Waals surface area contributed by atoms with Gasteiger partial charge in [-0.25, -0.2) is 0 Å². The summed E-state index contributed by atoms with van der Waals surface area (Å²) in [6.07, 6.45) is 10.9. The zero-order chi connectivity index (χ0) is 39.5. The van der Waals surface area contributed by atoms with Crippen LogP contribution >= 0.6 is 0 Å². The number of ether oxygens (including phenoxy) is 2. The van der Waals surface area contributed by atoms with Crippen LogP contribution in [0.3, 0.4) is 0 Å². The maximum absolute atomic E-state index is 12.5. The quantitative estimate of drug-likeness (QED) is 0.0829. The molecular formula is C49H58F3NO3. The lowest BCUT2D eigenvalue weighted by Crippen LogP contribution is -2.50. The third-order valence-corrected chi connectivity index (χ3v) is 11.3. The molecule has 0 saturated carbocycles. The summed E-state index contributed by atoms with van der Waals surface area (Å²) in [6.45, 7) is 4.68. The zero-order valence-electron chi connectivity index (χ0n) is 33.1. The SMILES string of the molecule is Cc1cc(C)cc(CCCOc2ccc(CCC(N)(CO)C3C(OC4C=Cc5ccccc54)=Cc4ccccc43)cc2CCCCCCCCCC(F)(F)F)c1. The normalized spacial score (nSPS) is 17.0. The van der Waals surface area contributed by atoms with Gasteiger partial charge in [0.2, 0.25) is 0 Å². The van der Waals surface area contributed by atoms with Crippen LogP contribution in [0, 0.1) is 13.8 Å². The average Bonchev–Trinajstić information content (AvgIpc) is 3.76. The van der Waals surface area contributed by atoms with Crippen LogP contribution in [0.4, 0.5) is 13.2 Å². The molecule has 0 bridgehead atoms. The number of aliphatic hydroxyl groups excluding tert-OH is 1. The van der Waals surface area contributed by atoms with E-state index in [2.05, 4.69) is 92.7 Å². The van der Waals surface area contributed by atoms with Crippen LogP contribution in [0.25, 0.3) is 12.2 Å². The van der Waals surface area contributed by atoms with Gasteiger partial charge in [0.15, 0.2) is 0 Å². The molecule has 4 aromatic rings. The van der Waals surface area contributed by atoms with Gasteiger partial charge < -0.3 is 20.3 Å². The first-order valence-corrected chi connectivity index (χ1v) is 20.5. The maximum Gasteiger partial charge on any atom is 0.389 e. The molecule has 6 rings (SSSR count). The molecule has 0 amide bonds. The number of unbranched alkanes of at least 4 members (excludes halogenated alkanes) is 6. The minimum atomic E-state index is -4.06. The summed E-state index contributed by atoms with van der Waals surface area (Å²) in [7, 11) is 0. The number of alkyl halides is 3. The van der Waals surface area contributed by atoms with Gasteiger partial charge in [-0.1, -0.05) is 128 Å². The van der Waals surface area contributed by atoms with Crippen molar-refractivity contribution in [2.75, 3.05) is 13.2 Å². The Morgan fingerprint density at radius 3 is 2.09 bits per heavy atom. The highest BCUT2D eigenvalue weighted by molar-refractivity contribution is 5.67. The fourth-order valence-electron chi connectivity index (χ4n) is 8.47. The van der Waals surface area contributed by atoms with Crippen LogP contribution in [0.5, 0.6) is 5.75 Å². The summed E-state index contributed by atoms with van der Waals surface area (Å²) in [5.41, 5.74) is 16.9. The van der Waals surface area contributed by atoms with Gasteiger partial charge in [0.1, 0.15) is 17.6 Å². The van der Waals surface area contributed by atoms with Crippen molar-refractivity contribution in [2.24, 2.45) is 5.73 Å². The molecule has 0 aliphatic heterocycles. The topological polar surface area (TPSA) is 64.7 Å². The van der Waals surface area contributed by atoms with Crippen LogP contribution < -0.4 is 10.5 Å².